The molecule has 2 heterocycles. The Morgan fingerprint density at radius 3 is 2.75 bits per heavy atom. The number of nitrogens with one attached hydrogen (secondary N) is 1. The second kappa shape index (κ2) is 3.34. The summed E-state index contributed by atoms with van der Waals surface area (Å²) in [7, 11) is 0. The topological polar surface area (TPSA) is 67.6 Å². The predicted molar refractivity (Wildman–Crippen MR) is 63.7 cm³/mol. The van der Waals surface area contributed by atoms with Gasteiger partial charge in [-0.25, -0.2) is 9.97 Å². The van der Waals surface area contributed by atoms with Crippen molar-refractivity contribution in [1.82, 2.24) is 15.0 Å². The minimum absolute atomic E-state index is 0.526. The molecule has 0 atom stereocenters. The van der Waals surface area contributed by atoms with Crippen LogP contribution in [0.3, 0.4) is 0 Å². The van der Waals surface area contributed by atoms with E-state index in [9.17, 15) is 0 Å². The summed E-state index contributed by atoms with van der Waals surface area (Å²) in [5.41, 5.74) is 9.70. The highest BCUT2D eigenvalue weighted by atomic mass is 14.9. The van der Waals surface area contributed by atoms with E-state index in [1.54, 1.807) is 12.5 Å². The van der Waals surface area contributed by atoms with Gasteiger partial charge in [0.1, 0.15) is 5.82 Å². The fourth-order valence-corrected chi connectivity index (χ4v) is 1.83. The minimum Gasteiger partial charge on any atom is -0.383 e. The van der Waals surface area contributed by atoms with Crippen LogP contribution in [0.1, 0.15) is 0 Å². The van der Waals surface area contributed by atoms with Crippen LogP contribution in [0.4, 0.5) is 5.82 Å². The van der Waals surface area contributed by atoms with Gasteiger partial charge in [0.2, 0.25) is 0 Å². The van der Waals surface area contributed by atoms with Gasteiger partial charge in [0.05, 0.1) is 17.4 Å². The average Bonchev–Trinajstić information content (AvgIpc) is 2.77. The van der Waals surface area contributed by atoms with Gasteiger partial charge in [-0.1, -0.05) is 12.1 Å². The summed E-state index contributed by atoms with van der Waals surface area (Å²) in [6, 6.07) is 9.78. The van der Waals surface area contributed by atoms with Crippen molar-refractivity contribution in [1.29, 1.82) is 0 Å². The molecule has 0 fully saturated rings. The highest BCUT2D eigenvalue weighted by molar-refractivity contribution is 5.94. The number of para-hydroxylation sites is 1. The molecule has 1 aromatic carbocycles. The molecule has 78 valence electrons. The summed E-state index contributed by atoms with van der Waals surface area (Å²) in [6.07, 6.45) is 3.37. The molecule has 0 aliphatic carbocycles. The number of nitrogens with zero attached hydrogens (tertiary/aromatic N) is 2. The van der Waals surface area contributed by atoms with E-state index in [0.29, 0.717) is 5.82 Å². The Bertz CT molecular complexity index is 642. The van der Waals surface area contributed by atoms with Gasteiger partial charge in [0.15, 0.2) is 0 Å². The summed E-state index contributed by atoms with van der Waals surface area (Å²) in [5.74, 6) is 0.526. The molecule has 4 nitrogen and oxygen atoms in total. The summed E-state index contributed by atoms with van der Waals surface area (Å²) >= 11 is 0. The second-order valence-electron chi connectivity index (χ2n) is 3.54. The summed E-state index contributed by atoms with van der Waals surface area (Å²) < 4.78 is 0. The molecule has 0 amide bonds. The number of nitrogen functional groups attached to an aromatic ring is 1. The van der Waals surface area contributed by atoms with Crippen LogP contribution in [-0.2, 0) is 0 Å². The number of anilines is 1. The third kappa shape index (κ3) is 1.24. The van der Waals surface area contributed by atoms with E-state index in [2.05, 4.69) is 15.0 Å². The molecule has 3 aromatic rings. The van der Waals surface area contributed by atoms with Gasteiger partial charge in [-0.05, 0) is 18.2 Å². The van der Waals surface area contributed by atoms with Gasteiger partial charge in [-0.3, -0.25) is 0 Å². The first-order chi connectivity index (χ1) is 7.86. The Labute approximate surface area is 92.2 Å². The van der Waals surface area contributed by atoms with Crippen molar-refractivity contribution in [2.24, 2.45) is 0 Å². The Kier molecular flexibility index (Phi) is 1.86. The number of hydrogen-bond donors (Lipinski definition) is 2. The molecule has 0 aliphatic rings. The molecule has 3 rings (SSSR count). The zero-order valence-electron chi connectivity index (χ0n) is 8.51. The SMILES string of the molecule is Nc1ncccc1-c1cccc2[nH]cnc12. The number of nitrogens with two attached hydrogens (primary N) is 1. The van der Waals surface area contributed by atoms with Crippen LogP contribution in [0.15, 0.2) is 42.9 Å². The molecule has 0 saturated carbocycles. The van der Waals surface area contributed by atoms with E-state index in [1.165, 1.54) is 0 Å². The van der Waals surface area contributed by atoms with Crippen molar-refractivity contribution in [2.45, 2.75) is 0 Å². The van der Waals surface area contributed by atoms with Crippen LogP contribution in [0.5, 0.6) is 0 Å². The highest BCUT2D eigenvalue weighted by Gasteiger charge is 2.08. The van der Waals surface area contributed by atoms with Crippen molar-refractivity contribution in [2.75, 3.05) is 5.73 Å². The van der Waals surface area contributed by atoms with E-state index in [0.717, 1.165) is 22.2 Å². The van der Waals surface area contributed by atoms with Crippen LogP contribution in [0, 0.1) is 0 Å². The van der Waals surface area contributed by atoms with Crippen molar-refractivity contribution < 1.29 is 0 Å². The Morgan fingerprint density at radius 1 is 1.00 bits per heavy atom. The van der Waals surface area contributed by atoms with Crippen LogP contribution in [0.2, 0.25) is 0 Å². The van der Waals surface area contributed by atoms with Crippen molar-refractivity contribution in [3.05, 3.63) is 42.9 Å². The summed E-state index contributed by atoms with van der Waals surface area (Å²) in [4.78, 5) is 11.5. The molecule has 16 heavy (non-hydrogen) atoms. The predicted octanol–water partition coefficient (Wildman–Crippen LogP) is 2.21. The number of rotatable bonds is 1. The van der Waals surface area contributed by atoms with E-state index in [-0.39, 0.29) is 0 Å². The van der Waals surface area contributed by atoms with Crippen LogP contribution >= 0.6 is 0 Å². The van der Waals surface area contributed by atoms with Gasteiger partial charge in [0, 0.05) is 17.3 Å². The Balaban J connectivity index is 2.34. The normalized spacial score (nSPS) is 10.8. The van der Waals surface area contributed by atoms with Gasteiger partial charge in [0.25, 0.3) is 0 Å². The van der Waals surface area contributed by atoms with Crippen LogP contribution < -0.4 is 5.73 Å². The molecule has 0 spiro atoms. The number of benzene rings is 1. The lowest BCUT2D eigenvalue weighted by atomic mass is 10.1. The molecule has 4 heteroatoms. The number of hydrogen-bond acceptors (Lipinski definition) is 3. The molecule has 3 N–H and O–H groups in total. The number of fused-ring (bicyclic) bond motifs is 1. The van der Waals surface area contributed by atoms with Crippen LogP contribution in [-0.4, -0.2) is 15.0 Å². The minimum atomic E-state index is 0.526. The Hall–Kier alpha value is -2.36. The Morgan fingerprint density at radius 2 is 1.88 bits per heavy atom. The largest absolute Gasteiger partial charge is 0.383 e. The standard InChI is InChI=1S/C12H10N4/c13-12-9(4-2-6-14-12)8-3-1-5-10-11(8)16-7-15-10/h1-7H,(H2,13,14)(H,15,16). The third-order valence-corrected chi connectivity index (χ3v) is 2.58. The first-order valence-electron chi connectivity index (χ1n) is 4.99. The zero-order valence-corrected chi connectivity index (χ0v) is 8.51. The second-order valence-corrected chi connectivity index (χ2v) is 3.54. The first kappa shape index (κ1) is 8.91. The van der Waals surface area contributed by atoms with E-state index in [1.807, 2.05) is 30.3 Å². The number of imidazole rings is 1. The van der Waals surface area contributed by atoms with E-state index >= 15 is 0 Å². The van der Waals surface area contributed by atoms with Gasteiger partial charge >= 0.3 is 0 Å². The molecule has 0 aliphatic heterocycles. The van der Waals surface area contributed by atoms with E-state index in [4.69, 9.17) is 5.73 Å². The highest BCUT2D eigenvalue weighted by Crippen LogP contribution is 2.29. The summed E-state index contributed by atoms with van der Waals surface area (Å²) in [6.45, 7) is 0. The monoisotopic (exact) mass is 210 g/mol. The quantitative estimate of drug-likeness (QED) is 0.647. The molecule has 0 bridgehead atoms. The lowest BCUT2D eigenvalue weighted by Gasteiger charge is -2.04. The maximum atomic E-state index is 5.86. The lowest BCUT2D eigenvalue weighted by molar-refractivity contribution is 1.33. The van der Waals surface area contributed by atoms with Crippen LogP contribution in [0.25, 0.3) is 22.2 Å². The number of H-pyrrole nitrogens is 1. The number of pyridine rings is 1. The number of aromatic amines is 1. The lowest BCUT2D eigenvalue weighted by Crippen LogP contribution is -1.93. The third-order valence-electron chi connectivity index (χ3n) is 2.58. The maximum absolute atomic E-state index is 5.86. The maximum Gasteiger partial charge on any atom is 0.131 e. The summed E-state index contributed by atoms with van der Waals surface area (Å²) in [5, 5.41) is 0. The van der Waals surface area contributed by atoms with Gasteiger partial charge in [-0.2, -0.15) is 0 Å². The fourth-order valence-electron chi connectivity index (χ4n) is 1.83. The zero-order chi connectivity index (χ0) is 11.0. The smallest absolute Gasteiger partial charge is 0.131 e. The van der Waals surface area contributed by atoms with Crippen molar-refractivity contribution >= 4 is 16.9 Å². The van der Waals surface area contributed by atoms with Crippen molar-refractivity contribution in [3.8, 4) is 11.1 Å². The van der Waals surface area contributed by atoms with Gasteiger partial charge < -0.3 is 10.7 Å². The van der Waals surface area contributed by atoms with E-state index < -0.39 is 0 Å². The molecule has 0 radical (unpaired) electrons. The molecular formula is C12H10N4. The molecular weight excluding hydrogens is 200 g/mol. The molecule has 0 unspecified atom stereocenters. The average molecular weight is 210 g/mol. The fraction of sp³-hybridized carbons (Fsp3) is 0. The first-order valence-corrected chi connectivity index (χ1v) is 4.99. The molecule has 2 aromatic heterocycles. The van der Waals surface area contributed by atoms with Gasteiger partial charge in [-0.15, -0.1) is 0 Å². The van der Waals surface area contributed by atoms with Crippen molar-refractivity contribution in [3.63, 3.8) is 0 Å². The molecule has 0 saturated heterocycles. The number of aromatic nitrogens is 3.